The smallest absolute Gasteiger partial charge is 0.233 e. The third-order valence-electron chi connectivity index (χ3n) is 4.05. The molecule has 0 bridgehead atoms. The highest BCUT2D eigenvalue weighted by atomic mass is 35.5. The van der Waals surface area contributed by atoms with E-state index in [1.165, 1.54) is 11.8 Å². The van der Waals surface area contributed by atoms with Crippen molar-refractivity contribution in [2.75, 3.05) is 6.54 Å². The van der Waals surface area contributed by atoms with Crippen LogP contribution in [0.5, 0.6) is 0 Å². The minimum Gasteiger partial charge on any atom is -0.467 e. The highest BCUT2D eigenvalue weighted by Crippen LogP contribution is 2.28. The number of thioether (sulfide) groups is 1. The van der Waals surface area contributed by atoms with Crippen LogP contribution in [-0.2, 0) is 11.3 Å². The Balaban J connectivity index is 1.86. The van der Waals surface area contributed by atoms with Crippen LogP contribution in [-0.4, -0.2) is 32.5 Å². The maximum absolute atomic E-state index is 12.4. The van der Waals surface area contributed by atoms with Crippen molar-refractivity contribution in [2.24, 2.45) is 5.92 Å². The summed E-state index contributed by atoms with van der Waals surface area (Å²) in [5.41, 5.74) is 0.896. The fraction of sp³-hybridized carbons (Fsp3) is 0.350. The largest absolute Gasteiger partial charge is 0.467 e. The molecule has 148 valence electrons. The second kappa shape index (κ2) is 9.30. The van der Waals surface area contributed by atoms with Gasteiger partial charge in [0.2, 0.25) is 5.91 Å². The minimum absolute atomic E-state index is 0.0145. The van der Waals surface area contributed by atoms with E-state index in [4.69, 9.17) is 16.0 Å². The summed E-state index contributed by atoms with van der Waals surface area (Å²) in [5.74, 6) is 1.87. The summed E-state index contributed by atoms with van der Waals surface area (Å²) in [7, 11) is 0. The lowest BCUT2D eigenvalue weighted by Gasteiger charge is -2.14. The fourth-order valence-electron chi connectivity index (χ4n) is 2.55. The summed E-state index contributed by atoms with van der Waals surface area (Å²) < 4.78 is 7.46. The molecule has 0 saturated heterocycles. The van der Waals surface area contributed by atoms with Crippen LogP contribution in [0.25, 0.3) is 11.4 Å². The van der Waals surface area contributed by atoms with Gasteiger partial charge in [0, 0.05) is 17.1 Å². The average molecular weight is 419 g/mol. The zero-order valence-electron chi connectivity index (χ0n) is 16.1. The van der Waals surface area contributed by atoms with Crippen molar-refractivity contribution >= 4 is 29.3 Å². The second-order valence-electron chi connectivity index (χ2n) is 6.88. The molecular weight excluding hydrogens is 396 g/mol. The van der Waals surface area contributed by atoms with Gasteiger partial charge in [-0.05, 0) is 49.2 Å². The van der Waals surface area contributed by atoms with Crippen molar-refractivity contribution in [3.8, 4) is 11.4 Å². The minimum atomic E-state index is -0.295. The number of hydrogen-bond acceptors (Lipinski definition) is 5. The van der Waals surface area contributed by atoms with E-state index in [9.17, 15) is 4.79 Å². The first-order valence-corrected chi connectivity index (χ1v) is 10.4. The summed E-state index contributed by atoms with van der Waals surface area (Å²) in [5, 5.41) is 12.7. The highest BCUT2D eigenvalue weighted by Gasteiger charge is 2.21. The number of furan rings is 1. The summed E-state index contributed by atoms with van der Waals surface area (Å²) in [4.78, 5) is 12.4. The molecule has 6 nitrogen and oxygen atoms in total. The normalized spacial score (nSPS) is 12.3. The molecule has 2 aromatic heterocycles. The van der Waals surface area contributed by atoms with Crippen molar-refractivity contribution in [1.82, 2.24) is 20.1 Å². The molecular formula is C20H23ClN4O2S. The Bertz CT molecular complexity index is 907. The van der Waals surface area contributed by atoms with E-state index in [1.54, 1.807) is 6.26 Å². The Kier molecular flexibility index (Phi) is 6.80. The molecule has 3 rings (SSSR count). The molecule has 0 fully saturated rings. The summed E-state index contributed by atoms with van der Waals surface area (Å²) >= 11 is 7.39. The van der Waals surface area contributed by atoms with E-state index >= 15 is 0 Å². The Labute approximate surface area is 173 Å². The Morgan fingerprint density at radius 1 is 1.21 bits per heavy atom. The van der Waals surface area contributed by atoms with Gasteiger partial charge in [0.1, 0.15) is 5.76 Å². The van der Waals surface area contributed by atoms with Crippen LogP contribution >= 0.6 is 23.4 Å². The Morgan fingerprint density at radius 2 is 1.96 bits per heavy atom. The van der Waals surface area contributed by atoms with Gasteiger partial charge in [-0.1, -0.05) is 37.2 Å². The number of nitrogens with zero attached hydrogens (tertiary/aromatic N) is 3. The van der Waals surface area contributed by atoms with Gasteiger partial charge in [-0.3, -0.25) is 9.36 Å². The van der Waals surface area contributed by atoms with Gasteiger partial charge in [0.25, 0.3) is 0 Å². The number of hydrogen-bond donors (Lipinski definition) is 1. The second-order valence-corrected chi connectivity index (χ2v) is 8.62. The number of nitrogens with one attached hydrogen (secondary N) is 1. The zero-order valence-corrected chi connectivity index (χ0v) is 17.6. The van der Waals surface area contributed by atoms with Crippen LogP contribution in [0.1, 0.15) is 26.5 Å². The molecule has 2 heterocycles. The fourth-order valence-corrected chi connectivity index (χ4v) is 3.55. The number of benzene rings is 1. The zero-order chi connectivity index (χ0) is 20.1. The van der Waals surface area contributed by atoms with Crippen molar-refractivity contribution in [1.29, 1.82) is 0 Å². The monoisotopic (exact) mass is 418 g/mol. The molecule has 0 aliphatic rings. The molecule has 0 radical (unpaired) electrons. The molecule has 28 heavy (non-hydrogen) atoms. The molecule has 8 heteroatoms. The van der Waals surface area contributed by atoms with Crippen molar-refractivity contribution in [2.45, 2.75) is 37.7 Å². The lowest BCUT2D eigenvalue weighted by molar-refractivity contribution is -0.120. The number of carbonyl (C=O) groups excluding carboxylic acids is 1. The maximum Gasteiger partial charge on any atom is 0.233 e. The van der Waals surface area contributed by atoms with E-state index < -0.39 is 0 Å². The Hall–Kier alpha value is -2.25. The molecule has 0 spiro atoms. The lowest BCUT2D eigenvalue weighted by atomic mass is 10.2. The van der Waals surface area contributed by atoms with Crippen molar-refractivity contribution < 1.29 is 9.21 Å². The van der Waals surface area contributed by atoms with Crippen LogP contribution in [0, 0.1) is 5.92 Å². The Morgan fingerprint density at radius 3 is 2.61 bits per heavy atom. The van der Waals surface area contributed by atoms with E-state index in [1.807, 2.05) is 47.9 Å². The number of aromatic nitrogens is 3. The van der Waals surface area contributed by atoms with E-state index in [-0.39, 0.29) is 11.2 Å². The SMILES string of the molecule is CC(C)CNC(=O)[C@@H](C)Sc1nnc(-c2ccc(Cl)cc2)n1Cc1ccco1. The maximum atomic E-state index is 12.4. The molecule has 1 atom stereocenters. The summed E-state index contributed by atoms with van der Waals surface area (Å²) in [6.45, 7) is 7.13. The lowest BCUT2D eigenvalue weighted by Crippen LogP contribution is -2.33. The van der Waals surface area contributed by atoms with Crippen molar-refractivity contribution in [3.63, 3.8) is 0 Å². The van der Waals surface area contributed by atoms with Gasteiger partial charge < -0.3 is 9.73 Å². The predicted molar refractivity (Wildman–Crippen MR) is 111 cm³/mol. The number of amides is 1. The number of rotatable bonds is 8. The number of halogens is 1. The van der Waals surface area contributed by atoms with Gasteiger partial charge in [-0.2, -0.15) is 0 Å². The molecule has 1 N–H and O–H groups in total. The molecule has 1 aromatic carbocycles. The van der Waals surface area contributed by atoms with Gasteiger partial charge in [0.15, 0.2) is 11.0 Å². The molecule has 1 amide bonds. The van der Waals surface area contributed by atoms with Crippen LogP contribution in [0.3, 0.4) is 0 Å². The third-order valence-corrected chi connectivity index (χ3v) is 5.38. The quantitative estimate of drug-likeness (QED) is 0.545. The van der Waals surface area contributed by atoms with Crippen LogP contribution < -0.4 is 5.32 Å². The van der Waals surface area contributed by atoms with Crippen LogP contribution in [0.4, 0.5) is 0 Å². The van der Waals surface area contributed by atoms with Gasteiger partial charge >= 0.3 is 0 Å². The van der Waals surface area contributed by atoms with Crippen molar-refractivity contribution in [3.05, 3.63) is 53.4 Å². The van der Waals surface area contributed by atoms with Crippen LogP contribution in [0.15, 0.2) is 52.2 Å². The standard InChI is InChI=1S/C20H23ClN4O2S/c1-13(2)11-22-19(26)14(3)28-20-24-23-18(15-6-8-16(21)9-7-15)25(20)12-17-5-4-10-27-17/h4-10,13-14H,11-12H2,1-3H3,(H,22,26)/t14-/m1/s1. The van der Waals surface area contributed by atoms with Gasteiger partial charge in [0.05, 0.1) is 18.1 Å². The number of carbonyl (C=O) groups is 1. The van der Waals surface area contributed by atoms with Crippen LogP contribution in [0.2, 0.25) is 5.02 Å². The topological polar surface area (TPSA) is 73.0 Å². The van der Waals surface area contributed by atoms with E-state index in [0.29, 0.717) is 35.0 Å². The van der Waals surface area contributed by atoms with Gasteiger partial charge in [-0.25, -0.2) is 0 Å². The molecule has 0 saturated carbocycles. The first-order valence-electron chi connectivity index (χ1n) is 9.10. The predicted octanol–water partition coefficient (Wildman–Crippen LogP) is 4.49. The molecule has 0 aliphatic carbocycles. The highest BCUT2D eigenvalue weighted by molar-refractivity contribution is 8.00. The average Bonchev–Trinajstić information content (AvgIpc) is 3.31. The van der Waals surface area contributed by atoms with Gasteiger partial charge in [-0.15, -0.1) is 10.2 Å². The third kappa shape index (κ3) is 5.17. The molecule has 3 aromatic rings. The molecule has 0 unspecified atom stereocenters. The first kappa shape index (κ1) is 20.5. The van der Waals surface area contributed by atoms with E-state index in [2.05, 4.69) is 29.4 Å². The first-order chi connectivity index (χ1) is 13.4. The molecule has 0 aliphatic heterocycles. The summed E-state index contributed by atoms with van der Waals surface area (Å²) in [6, 6.07) is 11.2. The summed E-state index contributed by atoms with van der Waals surface area (Å²) in [6.07, 6.45) is 1.64. The van der Waals surface area contributed by atoms with E-state index in [0.717, 1.165) is 11.3 Å².